The molecule has 0 aromatic heterocycles. The lowest BCUT2D eigenvalue weighted by Gasteiger charge is -2.16. The van der Waals surface area contributed by atoms with Crippen molar-refractivity contribution in [2.45, 2.75) is 13.0 Å². The zero-order valence-electron chi connectivity index (χ0n) is 15.2. The maximum absolute atomic E-state index is 12.0. The van der Waals surface area contributed by atoms with E-state index in [1.54, 1.807) is 13.2 Å². The van der Waals surface area contributed by atoms with Crippen LogP contribution in [0.25, 0.3) is 0 Å². The second-order valence-corrected chi connectivity index (χ2v) is 6.46. The Balaban J connectivity index is 1.62. The molecule has 0 heterocycles. The van der Waals surface area contributed by atoms with Crippen LogP contribution in [-0.4, -0.2) is 44.7 Å². The highest BCUT2D eigenvalue weighted by atomic mass is 35.5. The van der Waals surface area contributed by atoms with Crippen molar-refractivity contribution in [2.24, 2.45) is 0 Å². The fraction of sp³-hybridized carbons (Fsp3) is 0.350. The highest BCUT2D eigenvalue weighted by molar-refractivity contribution is 6.30. The molecule has 6 heteroatoms. The van der Waals surface area contributed by atoms with Crippen LogP contribution in [0.4, 0.5) is 0 Å². The normalized spacial score (nSPS) is 10.6. The quantitative estimate of drug-likeness (QED) is 0.646. The van der Waals surface area contributed by atoms with Gasteiger partial charge in [-0.05, 0) is 49.4 Å². The number of rotatable bonds is 10. The third-order valence-electron chi connectivity index (χ3n) is 3.79. The molecule has 140 valence electrons. The molecular formula is C20H25ClN2O3. The Hall–Kier alpha value is -2.24. The number of hydrogen-bond acceptors (Lipinski definition) is 4. The van der Waals surface area contributed by atoms with Gasteiger partial charge in [-0.3, -0.25) is 9.69 Å². The largest absolute Gasteiger partial charge is 0.497 e. The highest BCUT2D eigenvalue weighted by Gasteiger charge is 2.07. The number of likely N-dealkylation sites (N-methyl/N-ethyl adjacent to an activating group) is 1. The van der Waals surface area contributed by atoms with Crippen LogP contribution < -0.4 is 14.8 Å². The monoisotopic (exact) mass is 376 g/mol. The third kappa shape index (κ3) is 7.33. The lowest BCUT2D eigenvalue weighted by Crippen LogP contribution is -2.35. The number of nitrogens with one attached hydrogen (secondary N) is 1. The molecule has 2 rings (SSSR count). The number of benzene rings is 2. The summed E-state index contributed by atoms with van der Waals surface area (Å²) in [5.74, 6) is 1.54. The van der Waals surface area contributed by atoms with E-state index in [-0.39, 0.29) is 5.91 Å². The Labute approximate surface area is 159 Å². The van der Waals surface area contributed by atoms with E-state index in [1.165, 1.54) is 0 Å². The lowest BCUT2D eigenvalue weighted by molar-refractivity contribution is -0.122. The van der Waals surface area contributed by atoms with Gasteiger partial charge in [0.15, 0.2) is 0 Å². The Morgan fingerprint density at radius 2 is 1.92 bits per heavy atom. The smallest absolute Gasteiger partial charge is 0.234 e. The summed E-state index contributed by atoms with van der Waals surface area (Å²) >= 11 is 5.92. The first-order valence-electron chi connectivity index (χ1n) is 8.53. The Bertz CT molecular complexity index is 709. The van der Waals surface area contributed by atoms with Crippen LogP contribution in [0.3, 0.4) is 0 Å². The molecule has 0 saturated heterocycles. The topological polar surface area (TPSA) is 50.8 Å². The van der Waals surface area contributed by atoms with Crippen LogP contribution in [0.5, 0.6) is 11.5 Å². The number of methoxy groups -OCH3 is 1. The summed E-state index contributed by atoms with van der Waals surface area (Å²) in [7, 11) is 3.55. The summed E-state index contributed by atoms with van der Waals surface area (Å²) < 4.78 is 10.8. The standard InChI is InChI=1S/C20H25ClN2O3/c1-23(10-5-11-26-19-9-4-7-17(21)13-19)15-20(24)22-14-16-6-3-8-18(12-16)25-2/h3-4,6-9,12-13H,5,10-11,14-15H2,1-2H3,(H,22,24). The molecule has 0 bridgehead atoms. The third-order valence-corrected chi connectivity index (χ3v) is 4.02. The molecule has 1 amide bonds. The molecule has 2 aromatic carbocycles. The molecule has 0 fully saturated rings. The minimum Gasteiger partial charge on any atom is -0.497 e. The van der Waals surface area contributed by atoms with Gasteiger partial charge in [-0.1, -0.05) is 29.8 Å². The van der Waals surface area contributed by atoms with Gasteiger partial charge in [-0.15, -0.1) is 0 Å². The summed E-state index contributed by atoms with van der Waals surface area (Å²) in [6, 6.07) is 15.0. The number of ether oxygens (including phenoxy) is 2. The van der Waals surface area contributed by atoms with Crippen molar-refractivity contribution in [3.63, 3.8) is 0 Å². The van der Waals surface area contributed by atoms with Gasteiger partial charge in [0.25, 0.3) is 0 Å². The number of halogens is 1. The van der Waals surface area contributed by atoms with Crippen LogP contribution in [-0.2, 0) is 11.3 Å². The second-order valence-electron chi connectivity index (χ2n) is 6.03. The first-order chi connectivity index (χ1) is 12.6. The second kappa shape index (κ2) is 10.7. The van der Waals surface area contributed by atoms with Crippen molar-refractivity contribution < 1.29 is 14.3 Å². The molecule has 0 unspecified atom stereocenters. The molecule has 5 nitrogen and oxygen atoms in total. The van der Waals surface area contributed by atoms with Gasteiger partial charge in [-0.25, -0.2) is 0 Å². The van der Waals surface area contributed by atoms with Crippen molar-refractivity contribution in [3.05, 3.63) is 59.1 Å². The molecule has 1 N–H and O–H groups in total. The van der Waals surface area contributed by atoms with E-state index in [0.717, 1.165) is 30.0 Å². The summed E-state index contributed by atoms with van der Waals surface area (Å²) in [6.07, 6.45) is 0.826. The van der Waals surface area contributed by atoms with E-state index < -0.39 is 0 Å². The number of nitrogens with zero attached hydrogens (tertiary/aromatic N) is 1. The maximum Gasteiger partial charge on any atom is 0.234 e. The Kier molecular flexibility index (Phi) is 8.25. The van der Waals surface area contributed by atoms with E-state index >= 15 is 0 Å². The van der Waals surface area contributed by atoms with Gasteiger partial charge in [0.05, 0.1) is 20.3 Å². The van der Waals surface area contributed by atoms with Gasteiger partial charge < -0.3 is 14.8 Å². The number of carbonyl (C=O) groups is 1. The van der Waals surface area contributed by atoms with Gasteiger partial charge in [-0.2, -0.15) is 0 Å². The first kappa shape index (κ1) is 20.1. The van der Waals surface area contributed by atoms with Crippen molar-refractivity contribution in [3.8, 4) is 11.5 Å². The fourth-order valence-corrected chi connectivity index (χ4v) is 2.62. The van der Waals surface area contributed by atoms with Crippen LogP contribution in [0.2, 0.25) is 5.02 Å². The predicted octanol–water partition coefficient (Wildman–Crippen LogP) is 3.37. The molecule has 0 aliphatic carbocycles. The van der Waals surface area contributed by atoms with Gasteiger partial charge >= 0.3 is 0 Å². The molecule has 0 radical (unpaired) electrons. The van der Waals surface area contributed by atoms with Gasteiger partial charge in [0, 0.05) is 18.1 Å². The fourth-order valence-electron chi connectivity index (χ4n) is 2.44. The summed E-state index contributed by atoms with van der Waals surface area (Å²) in [4.78, 5) is 14.0. The van der Waals surface area contributed by atoms with E-state index in [0.29, 0.717) is 24.7 Å². The molecule has 0 aliphatic rings. The van der Waals surface area contributed by atoms with E-state index in [2.05, 4.69) is 5.32 Å². The van der Waals surface area contributed by atoms with Crippen LogP contribution >= 0.6 is 11.6 Å². The molecular weight excluding hydrogens is 352 g/mol. The minimum atomic E-state index is -0.00826. The van der Waals surface area contributed by atoms with Crippen molar-refractivity contribution in [2.75, 3.05) is 33.9 Å². The molecule has 26 heavy (non-hydrogen) atoms. The maximum atomic E-state index is 12.0. The molecule has 0 aliphatic heterocycles. The Morgan fingerprint density at radius 1 is 1.15 bits per heavy atom. The average molecular weight is 377 g/mol. The average Bonchev–Trinajstić information content (AvgIpc) is 2.64. The Morgan fingerprint density at radius 3 is 2.69 bits per heavy atom. The summed E-state index contributed by atoms with van der Waals surface area (Å²) in [5, 5.41) is 3.58. The summed E-state index contributed by atoms with van der Waals surface area (Å²) in [5.41, 5.74) is 1.01. The lowest BCUT2D eigenvalue weighted by atomic mass is 10.2. The zero-order chi connectivity index (χ0) is 18.8. The molecule has 0 atom stereocenters. The van der Waals surface area contributed by atoms with Crippen molar-refractivity contribution in [1.29, 1.82) is 0 Å². The van der Waals surface area contributed by atoms with E-state index in [4.69, 9.17) is 21.1 Å². The van der Waals surface area contributed by atoms with Crippen molar-refractivity contribution >= 4 is 17.5 Å². The van der Waals surface area contributed by atoms with E-state index in [9.17, 15) is 4.79 Å². The zero-order valence-corrected chi connectivity index (χ0v) is 16.0. The van der Waals surface area contributed by atoms with E-state index in [1.807, 2.05) is 54.4 Å². The number of carbonyl (C=O) groups excluding carboxylic acids is 1. The number of hydrogen-bond donors (Lipinski definition) is 1. The predicted molar refractivity (Wildman–Crippen MR) is 104 cm³/mol. The molecule has 2 aromatic rings. The van der Waals surface area contributed by atoms with Crippen LogP contribution in [0.15, 0.2) is 48.5 Å². The molecule has 0 spiro atoms. The van der Waals surface area contributed by atoms with Gasteiger partial charge in [0.2, 0.25) is 5.91 Å². The van der Waals surface area contributed by atoms with Gasteiger partial charge in [0.1, 0.15) is 11.5 Å². The van der Waals surface area contributed by atoms with Crippen LogP contribution in [0, 0.1) is 0 Å². The molecule has 0 saturated carbocycles. The number of amides is 1. The SMILES string of the molecule is COc1cccc(CNC(=O)CN(C)CCCOc2cccc(Cl)c2)c1. The minimum absolute atomic E-state index is 0.00826. The highest BCUT2D eigenvalue weighted by Crippen LogP contribution is 2.17. The van der Waals surface area contributed by atoms with Crippen LogP contribution in [0.1, 0.15) is 12.0 Å². The first-order valence-corrected chi connectivity index (χ1v) is 8.91. The summed E-state index contributed by atoms with van der Waals surface area (Å²) in [6.45, 7) is 2.19. The van der Waals surface area contributed by atoms with Crippen molar-refractivity contribution in [1.82, 2.24) is 10.2 Å².